The molecule has 3 aromatic rings. The molecule has 3 rings (SSSR count). The van der Waals surface area contributed by atoms with Crippen LogP contribution in [0.3, 0.4) is 0 Å². The first-order valence-corrected chi connectivity index (χ1v) is 12.3. The number of nitrogens with zero attached hydrogens (tertiary/aromatic N) is 1. The number of hydrogen-bond donors (Lipinski definition) is 1. The maximum atomic E-state index is 12.8. The summed E-state index contributed by atoms with van der Waals surface area (Å²) in [5.74, 6) is 0.465. The topological polar surface area (TPSA) is 75.7 Å². The second-order valence-electron chi connectivity index (χ2n) is 7.95. The lowest BCUT2D eigenvalue weighted by Gasteiger charge is -2.20. The van der Waals surface area contributed by atoms with E-state index in [0.717, 1.165) is 16.8 Å². The molecule has 8 heteroatoms. The molecule has 1 amide bonds. The zero-order chi connectivity index (χ0) is 24.2. The number of ether oxygens (including phenoxy) is 1. The molecule has 0 aliphatic heterocycles. The standard InChI is InChI=1S/C25H27ClN2O4S/c1-17(2)23-7-5-6-18(3)25(23)27-24(29)16-32-21-12-10-20(11-13-21)28(4)33(30,31)22-14-8-19(26)9-15-22/h5-15,17H,16H2,1-4H3,(H,27,29). The number of carbonyl (C=O) groups excluding carboxylic acids is 1. The van der Waals surface area contributed by atoms with Crippen LogP contribution in [-0.2, 0) is 14.8 Å². The maximum Gasteiger partial charge on any atom is 0.264 e. The molecule has 0 bridgehead atoms. The van der Waals surface area contributed by atoms with E-state index in [1.165, 1.54) is 35.6 Å². The minimum absolute atomic E-state index is 0.142. The van der Waals surface area contributed by atoms with Crippen molar-refractivity contribution >= 4 is 38.9 Å². The Morgan fingerprint density at radius 2 is 1.67 bits per heavy atom. The summed E-state index contributed by atoms with van der Waals surface area (Å²) in [4.78, 5) is 12.6. The lowest BCUT2D eigenvalue weighted by atomic mass is 9.98. The first-order chi connectivity index (χ1) is 15.6. The zero-order valence-electron chi connectivity index (χ0n) is 19.0. The summed E-state index contributed by atoms with van der Waals surface area (Å²) in [7, 11) is -2.25. The van der Waals surface area contributed by atoms with Gasteiger partial charge in [0, 0.05) is 17.8 Å². The molecule has 0 saturated heterocycles. The van der Waals surface area contributed by atoms with Gasteiger partial charge in [0.2, 0.25) is 0 Å². The summed E-state index contributed by atoms with van der Waals surface area (Å²) in [5, 5.41) is 3.40. The molecule has 174 valence electrons. The first-order valence-electron chi connectivity index (χ1n) is 10.5. The highest BCUT2D eigenvalue weighted by Crippen LogP contribution is 2.28. The van der Waals surface area contributed by atoms with E-state index in [0.29, 0.717) is 16.5 Å². The predicted molar refractivity (Wildman–Crippen MR) is 133 cm³/mol. The highest BCUT2D eigenvalue weighted by Gasteiger charge is 2.21. The molecule has 0 atom stereocenters. The average molecular weight is 487 g/mol. The number of halogens is 1. The van der Waals surface area contributed by atoms with Crippen molar-refractivity contribution < 1.29 is 17.9 Å². The number of aryl methyl sites for hydroxylation is 1. The van der Waals surface area contributed by atoms with E-state index < -0.39 is 10.0 Å². The number of para-hydroxylation sites is 1. The summed E-state index contributed by atoms with van der Waals surface area (Å²) in [6.07, 6.45) is 0. The van der Waals surface area contributed by atoms with Gasteiger partial charge in [-0.25, -0.2) is 8.42 Å². The van der Waals surface area contributed by atoms with Crippen molar-refractivity contribution in [1.29, 1.82) is 0 Å². The molecule has 0 aliphatic rings. The Morgan fingerprint density at radius 3 is 2.27 bits per heavy atom. The molecule has 0 aliphatic carbocycles. The Kier molecular flexibility index (Phi) is 7.66. The van der Waals surface area contributed by atoms with Crippen molar-refractivity contribution in [3.63, 3.8) is 0 Å². The Morgan fingerprint density at radius 1 is 1.03 bits per heavy atom. The average Bonchev–Trinajstić information content (AvgIpc) is 2.79. The lowest BCUT2D eigenvalue weighted by molar-refractivity contribution is -0.118. The number of rotatable bonds is 8. The van der Waals surface area contributed by atoms with Gasteiger partial charge in [0.25, 0.3) is 15.9 Å². The Balaban J connectivity index is 1.64. The molecule has 0 fully saturated rings. The highest BCUT2D eigenvalue weighted by molar-refractivity contribution is 7.92. The molecule has 3 aromatic carbocycles. The van der Waals surface area contributed by atoms with Gasteiger partial charge in [0.05, 0.1) is 10.6 Å². The third-order valence-corrected chi connectivity index (χ3v) is 7.29. The van der Waals surface area contributed by atoms with Crippen LogP contribution in [0.5, 0.6) is 5.75 Å². The molecule has 0 heterocycles. The Bertz CT molecular complexity index is 1220. The van der Waals surface area contributed by atoms with Crippen molar-refractivity contribution in [2.24, 2.45) is 0 Å². The molecule has 33 heavy (non-hydrogen) atoms. The minimum Gasteiger partial charge on any atom is -0.484 e. The van der Waals surface area contributed by atoms with E-state index in [4.69, 9.17) is 16.3 Å². The Labute approximate surface area is 200 Å². The van der Waals surface area contributed by atoms with Gasteiger partial charge in [-0.05, 0) is 72.5 Å². The van der Waals surface area contributed by atoms with Gasteiger partial charge in [0.15, 0.2) is 6.61 Å². The van der Waals surface area contributed by atoms with Gasteiger partial charge in [-0.3, -0.25) is 9.10 Å². The van der Waals surface area contributed by atoms with Crippen LogP contribution in [0.25, 0.3) is 0 Å². The van der Waals surface area contributed by atoms with Crippen molar-refractivity contribution in [2.75, 3.05) is 23.3 Å². The minimum atomic E-state index is -3.73. The number of sulfonamides is 1. The Hall–Kier alpha value is -3.03. The van der Waals surface area contributed by atoms with Gasteiger partial charge in [-0.1, -0.05) is 43.6 Å². The lowest BCUT2D eigenvalue weighted by Crippen LogP contribution is -2.26. The van der Waals surface area contributed by atoms with Gasteiger partial charge in [-0.2, -0.15) is 0 Å². The molecule has 0 spiro atoms. The zero-order valence-corrected chi connectivity index (χ0v) is 20.6. The summed E-state index contributed by atoms with van der Waals surface area (Å²) in [5.41, 5.74) is 3.33. The summed E-state index contributed by atoms with van der Waals surface area (Å²) in [6, 6.07) is 18.4. The van der Waals surface area contributed by atoms with E-state index in [1.807, 2.05) is 25.1 Å². The van der Waals surface area contributed by atoms with Gasteiger partial charge in [-0.15, -0.1) is 0 Å². The molecule has 0 radical (unpaired) electrons. The van der Waals surface area contributed by atoms with Crippen molar-refractivity contribution in [1.82, 2.24) is 0 Å². The van der Waals surface area contributed by atoms with Crippen LogP contribution in [0.1, 0.15) is 30.9 Å². The van der Waals surface area contributed by atoms with Gasteiger partial charge >= 0.3 is 0 Å². The van der Waals surface area contributed by atoms with E-state index >= 15 is 0 Å². The number of hydrogen-bond acceptors (Lipinski definition) is 4. The predicted octanol–water partition coefficient (Wildman–Crippen LogP) is 5.61. The van der Waals surface area contributed by atoms with Crippen LogP contribution >= 0.6 is 11.6 Å². The smallest absolute Gasteiger partial charge is 0.264 e. The summed E-state index contributed by atoms with van der Waals surface area (Å²) >= 11 is 5.85. The van der Waals surface area contributed by atoms with Crippen LogP contribution in [0.4, 0.5) is 11.4 Å². The number of anilines is 2. The molecule has 0 unspecified atom stereocenters. The third kappa shape index (κ3) is 5.86. The quantitative estimate of drug-likeness (QED) is 0.448. The molecule has 6 nitrogen and oxygen atoms in total. The van der Waals surface area contributed by atoms with Crippen molar-refractivity contribution in [2.45, 2.75) is 31.6 Å². The fraction of sp³-hybridized carbons (Fsp3) is 0.240. The van der Waals surface area contributed by atoms with Gasteiger partial charge < -0.3 is 10.1 Å². The number of amides is 1. The monoisotopic (exact) mass is 486 g/mol. The maximum absolute atomic E-state index is 12.8. The van der Waals surface area contributed by atoms with Crippen LogP contribution < -0.4 is 14.4 Å². The van der Waals surface area contributed by atoms with Crippen LogP contribution in [0, 0.1) is 6.92 Å². The fourth-order valence-corrected chi connectivity index (χ4v) is 4.64. The fourth-order valence-electron chi connectivity index (χ4n) is 3.32. The number of nitrogens with one attached hydrogen (secondary N) is 1. The molecule has 0 saturated carbocycles. The summed E-state index contributed by atoms with van der Waals surface area (Å²) in [6.45, 7) is 5.94. The van der Waals surface area contributed by atoms with E-state index in [-0.39, 0.29) is 23.3 Å². The van der Waals surface area contributed by atoms with E-state index in [9.17, 15) is 13.2 Å². The van der Waals surface area contributed by atoms with Crippen molar-refractivity contribution in [3.8, 4) is 5.75 Å². The molecular formula is C25H27ClN2O4S. The van der Waals surface area contributed by atoms with Gasteiger partial charge in [0.1, 0.15) is 5.75 Å². The second kappa shape index (κ2) is 10.3. The van der Waals surface area contributed by atoms with E-state index in [2.05, 4.69) is 19.2 Å². The second-order valence-corrected chi connectivity index (χ2v) is 10.4. The van der Waals surface area contributed by atoms with Crippen molar-refractivity contribution in [3.05, 3.63) is 82.9 Å². The number of carbonyl (C=O) groups is 1. The largest absolute Gasteiger partial charge is 0.484 e. The summed E-state index contributed by atoms with van der Waals surface area (Å²) < 4.78 is 32.4. The van der Waals surface area contributed by atoms with Crippen LogP contribution in [0.2, 0.25) is 5.02 Å². The van der Waals surface area contributed by atoms with Crippen LogP contribution in [-0.4, -0.2) is 28.0 Å². The normalized spacial score (nSPS) is 11.3. The third-order valence-electron chi connectivity index (χ3n) is 5.23. The SMILES string of the molecule is Cc1cccc(C(C)C)c1NC(=O)COc1ccc(N(C)S(=O)(=O)c2ccc(Cl)cc2)cc1. The first kappa shape index (κ1) is 24.6. The van der Waals surface area contributed by atoms with Crippen LogP contribution in [0.15, 0.2) is 71.6 Å². The highest BCUT2D eigenvalue weighted by atomic mass is 35.5. The molecule has 1 N–H and O–H groups in total. The number of benzene rings is 3. The van der Waals surface area contributed by atoms with E-state index in [1.54, 1.807) is 24.3 Å². The molecular weight excluding hydrogens is 460 g/mol. The molecule has 0 aromatic heterocycles.